The second kappa shape index (κ2) is 9.50. The van der Waals surface area contributed by atoms with Crippen LogP contribution in [-0.4, -0.2) is 52.8 Å². The van der Waals surface area contributed by atoms with Crippen molar-refractivity contribution in [2.75, 3.05) is 26.7 Å². The summed E-state index contributed by atoms with van der Waals surface area (Å²) >= 11 is 1.68. The fraction of sp³-hybridized carbons (Fsp3) is 0.360. The molecule has 1 aliphatic heterocycles. The normalized spacial score (nSPS) is 16.6. The number of nitrogens with zero attached hydrogens (tertiary/aromatic N) is 3. The Morgan fingerprint density at radius 3 is 2.91 bits per heavy atom. The van der Waals surface area contributed by atoms with Gasteiger partial charge < -0.3 is 20.1 Å². The molecule has 6 nitrogen and oxygen atoms in total. The Labute approximate surface area is 191 Å². The van der Waals surface area contributed by atoms with E-state index in [0.717, 1.165) is 60.2 Å². The predicted octanol–water partition coefficient (Wildman–Crippen LogP) is 4.14. The first-order valence-electron chi connectivity index (χ1n) is 11.1. The number of likely N-dealkylation sites (tertiary alicyclic amines) is 1. The van der Waals surface area contributed by atoms with E-state index in [2.05, 4.69) is 38.4 Å². The van der Waals surface area contributed by atoms with Crippen LogP contribution >= 0.6 is 11.3 Å². The predicted molar refractivity (Wildman–Crippen MR) is 129 cm³/mol. The maximum Gasteiger partial charge on any atom is 0.145 e. The minimum absolute atomic E-state index is 0.501. The molecule has 3 heterocycles. The first-order valence-corrected chi connectivity index (χ1v) is 12.0. The lowest BCUT2D eigenvalue weighted by molar-refractivity contribution is 0.0949. The number of nitrogens with one attached hydrogen (secondary N) is 1. The molecule has 4 aromatic rings. The molecule has 5 rings (SSSR count). The van der Waals surface area contributed by atoms with Gasteiger partial charge in [-0.05, 0) is 61.3 Å². The van der Waals surface area contributed by atoms with Gasteiger partial charge in [0.2, 0.25) is 0 Å². The van der Waals surface area contributed by atoms with Crippen molar-refractivity contribution >= 4 is 32.5 Å². The number of pyridine rings is 1. The highest BCUT2D eigenvalue weighted by molar-refractivity contribution is 7.16. The highest BCUT2D eigenvalue weighted by atomic mass is 32.1. The fourth-order valence-electron chi connectivity index (χ4n) is 4.56. The van der Waals surface area contributed by atoms with E-state index in [-0.39, 0.29) is 0 Å². The molecule has 0 saturated carbocycles. The largest absolute Gasteiger partial charge is 0.494 e. The van der Waals surface area contributed by atoms with Gasteiger partial charge in [-0.3, -0.25) is 4.98 Å². The molecule has 0 spiro atoms. The Balaban J connectivity index is 1.16. The van der Waals surface area contributed by atoms with Gasteiger partial charge in [-0.25, -0.2) is 4.98 Å². The van der Waals surface area contributed by atoms with Gasteiger partial charge in [0, 0.05) is 30.7 Å². The van der Waals surface area contributed by atoms with Crippen molar-refractivity contribution in [1.29, 1.82) is 0 Å². The number of aliphatic hydroxyl groups excluding tert-OH is 1. The molecule has 1 aliphatic rings. The van der Waals surface area contributed by atoms with Crippen LogP contribution in [0.3, 0.4) is 0 Å². The molecule has 0 aliphatic carbocycles. The summed E-state index contributed by atoms with van der Waals surface area (Å²) in [6.07, 6.45) is 3.36. The molecule has 1 saturated heterocycles. The van der Waals surface area contributed by atoms with Crippen LogP contribution in [0.4, 0.5) is 0 Å². The monoisotopic (exact) mass is 448 g/mol. The zero-order valence-corrected chi connectivity index (χ0v) is 19.0. The Morgan fingerprint density at radius 2 is 2.06 bits per heavy atom. The van der Waals surface area contributed by atoms with Gasteiger partial charge in [-0.15, -0.1) is 11.3 Å². The van der Waals surface area contributed by atoms with Crippen molar-refractivity contribution < 1.29 is 9.84 Å². The minimum Gasteiger partial charge on any atom is -0.494 e. The molecule has 1 fully saturated rings. The smallest absolute Gasteiger partial charge is 0.145 e. The lowest BCUT2D eigenvalue weighted by atomic mass is 10.0. The summed E-state index contributed by atoms with van der Waals surface area (Å²) in [6, 6.07) is 14.8. The SMILES string of the molecule is COc1cccc2c([C@@H](O)CN3CCC(NCc4ccc5scnc5c4)CC3)ccnc12. The van der Waals surface area contributed by atoms with E-state index in [1.165, 1.54) is 10.3 Å². The summed E-state index contributed by atoms with van der Waals surface area (Å²) in [6.45, 7) is 3.45. The molecule has 2 aromatic heterocycles. The maximum atomic E-state index is 11.0. The van der Waals surface area contributed by atoms with Gasteiger partial charge in [0.05, 0.1) is 28.9 Å². The number of hydrogen-bond donors (Lipinski definition) is 2. The third kappa shape index (κ3) is 4.47. The molecule has 0 bridgehead atoms. The minimum atomic E-state index is -0.554. The second-order valence-electron chi connectivity index (χ2n) is 8.38. The number of piperidine rings is 1. The van der Waals surface area contributed by atoms with Crippen molar-refractivity contribution in [3.8, 4) is 5.75 Å². The van der Waals surface area contributed by atoms with E-state index in [4.69, 9.17) is 4.74 Å². The molecule has 32 heavy (non-hydrogen) atoms. The third-order valence-electron chi connectivity index (χ3n) is 6.36. The molecule has 166 valence electrons. The van der Waals surface area contributed by atoms with Crippen LogP contribution in [0.15, 0.2) is 54.2 Å². The third-order valence-corrected chi connectivity index (χ3v) is 7.17. The van der Waals surface area contributed by atoms with Crippen LogP contribution in [0, 0.1) is 0 Å². The fourth-order valence-corrected chi connectivity index (χ4v) is 5.22. The van der Waals surface area contributed by atoms with Gasteiger partial charge in [0.15, 0.2) is 0 Å². The number of para-hydroxylation sites is 1. The highest BCUT2D eigenvalue weighted by Gasteiger charge is 2.22. The van der Waals surface area contributed by atoms with Crippen LogP contribution in [0.1, 0.15) is 30.1 Å². The highest BCUT2D eigenvalue weighted by Crippen LogP contribution is 2.29. The number of aliphatic hydroxyl groups is 1. The Morgan fingerprint density at radius 1 is 1.19 bits per heavy atom. The number of rotatable bonds is 7. The van der Waals surface area contributed by atoms with E-state index in [1.54, 1.807) is 24.6 Å². The topological polar surface area (TPSA) is 70.5 Å². The lowest BCUT2D eigenvalue weighted by Gasteiger charge is -2.33. The van der Waals surface area contributed by atoms with Crippen molar-refractivity contribution in [1.82, 2.24) is 20.2 Å². The number of thiazole rings is 1. The average molecular weight is 449 g/mol. The summed E-state index contributed by atoms with van der Waals surface area (Å²) in [7, 11) is 1.65. The number of benzene rings is 2. The maximum absolute atomic E-state index is 11.0. The Hall–Kier alpha value is -2.58. The average Bonchev–Trinajstić information content (AvgIpc) is 3.31. The molecular formula is C25H28N4O2S. The van der Waals surface area contributed by atoms with Gasteiger partial charge in [0.25, 0.3) is 0 Å². The Kier molecular flexibility index (Phi) is 6.32. The van der Waals surface area contributed by atoms with E-state index in [1.807, 2.05) is 29.8 Å². The van der Waals surface area contributed by atoms with Gasteiger partial charge in [-0.2, -0.15) is 0 Å². The molecule has 0 radical (unpaired) electrons. The summed E-state index contributed by atoms with van der Waals surface area (Å²) in [5.74, 6) is 0.734. The number of hydrogen-bond acceptors (Lipinski definition) is 7. The number of ether oxygens (including phenoxy) is 1. The van der Waals surface area contributed by atoms with Crippen LogP contribution in [0.25, 0.3) is 21.1 Å². The molecule has 2 N–H and O–H groups in total. The number of β-amino-alcohol motifs (C(OH)–C–C–N with tert-alkyl or cyclic N) is 1. The first kappa shape index (κ1) is 21.3. The molecular weight excluding hydrogens is 420 g/mol. The first-order chi connectivity index (χ1) is 15.7. The van der Waals surface area contributed by atoms with Gasteiger partial charge in [-0.1, -0.05) is 18.2 Å². The molecule has 0 unspecified atom stereocenters. The molecule has 7 heteroatoms. The summed E-state index contributed by atoms with van der Waals surface area (Å²) in [4.78, 5) is 11.2. The van der Waals surface area contributed by atoms with Crippen molar-refractivity contribution in [2.45, 2.75) is 31.5 Å². The molecule has 1 atom stereocenters. The van der Waals surface area contributed by atoms with Crippen molar-refractivity contribution in [2.24, 2.45) is 0 Å². The zero-order chi connectivity index (χ0) is 21.9. The Bertz CT molecular complexity index is 1200. The van der Waals surface area contributed by atoms with Crippen molar-refractivity contribution in [3.05, 3.63) is 65.3 Å². The van der Waals surface area contributed by atoms with Gasteiger partial charge >= 0.3 is 0 Å². The lowest BCUT2D eigenvalue weighted by Crippen LogP contribution is -2.43. The van der Waals surface area contributed by atoms with Crippen molar-refractivity contribution in [3.63, 3.8) is 0 Å². The molecule has 2 aromatic carbocycles. The number of methoxy groups -OCH3 is 1. The second-order valence-corrected chi connectivity index (χ2v) is 9.27. The van der Waals surface area contributed by atoms with Crippen LogP contribution in [0.2, 0.25) is 0 Å². The number of aromatic nitrogens is 2. The summed E-state index contributed by atoms with van der Waals surface area (Å²) in [5.41, 5.74) is 5.97. The van der Waals surface area contributed by atoms with Crippen LogP contribution in [-0.2, 0) is 6.54 Å². The standard InChI is InChI=1S/C25H28N4O2S/c1-31-23-4-2-3-20-19(7-10-26-25(20)23)22(30)15-29-11-8-18(9-12-29)27-14-17-5-6-24-21(13-17)28-16-32-24/h2-7,10,13,16,18,22,27,30H,8-9,11-12,14-15H2,1H3/t22-/m0/s1. The van der Waals surface area contributed by atoms with Gasteiger partial charge in [0.1, 0.15) is 11.3 Å². The van der Waals surface area contributed by atoms with E-state index >= 15 is 0 Å². The van der Waals surface area contributed by atoms with Crippen LogP contribution in [0.5, 0.6) is 5.75 Å². The zero-order valence-electron chi connectivity index (χ0n) is 18.2. The number of fused-ring (bicyclic) bond motifs is 2. The quantitative estimate of drug-likeness (QED) is 0.443. The van der Waals surface area contributed by atoms with E-state index < -0.39 is 6.10 Å². The summed E-state index contributed by atoms with van der Waals surface area (Å²) < 4.78 is 6.67. The van der Waals surface area contributed by atoms with E-state index in [0.29, 0.717) is 12.6 Å². The van der Waals surface area contributed by atoms with E-state index in [9.17, 15) is 5.11 Å². The molecule has 0 amide bonds. The van der Waals surface area contributed by atoms with Crippen LogP contribution < -0.4 is 10.1 Å². The summed E-state index contributed by atoms with van der Waals surface area (Å²) in [5, 5.41) is 15.6.